The summed E-state index contributed by atoms with van der Waals surface area (Å²) in [6.45, 7) is 5.81. The van der Waals surface area contributed by atoms with Gasteiger partial charge in [0.05, 0.1) is 19.0 Å². The Labute approximate surface area is 116 Å². The predicted octanol–water partition coefficient (Wildman–Crippen LogP) is 2.56. The zero-order valence-electron chi connectivity index (χ0n) is 12.9. The molecule has 1 aromatic heterocycles. The summed E-state index contributed by atoms with van der Waals surface area (Å²) in [4.78, 5) is 0. The van der Waals surface area contributed by atoms with Crippen LogP contribution in [-0.4, -0.2) is 30.5 Å². The van der Waals surface area contributed by atoms with Crippen molar-refractivity contribution in [3.8, 4) is 5.75 Å². The lowest BCUT2D eigenvalue weighted by atomic mass is 9.66. The van der Waals surface area contributed by atoms with E-state index in [2.05, 4.69) is 24.3 Å². The van der Waals surface area contributed by atoms with Crippen LogP contribution < -0.4 is 10.1 Å². The maximum Gasteiger partial charge on any atom is 0.160 e. The highest BCUT2D eigenvalue weighted by Crippen LogP contribution is 2.48. The molecule has 1 aromatic rings. The van der Waals surface area contributed by atoms with Crippen molar-refractivity contribution in [2.24, 2.45) is 18.4 Å². The van der Waals surface area contributed by atoms with Gasteiger partial charge in [0.15, 0.2) is 5.75 Å². The molecule has 1 fully saturated rings. The third-order valence-electron chi connectivity index (χ3n) is 4.52. The van der Waals surface area contributed by atoms with E-state index in [-0.39, 0.29) is 0 Å². The smallest absolute Gasteiger partial charge is 0.160 e. The van der Waals surface area contributed by atoms with E-state index in [4.69, 9.17) is 4.74 Å². The number of methoxy groups -OCH3 is 1. The highest BCUT2D eigenvalue weighted by molar-refractivity contribution is 5.30. The second-order valence-electron chi connectivity index (χ2n) is 6.55. The van der Waals surface area contributed by atoms with E-state index in [1.807, 2.05) is 25.0 Å². The Morgan fingerprint density at radius 2 is 2.26 bits per heavy atom. The Bertz CT molecular complexity index is 425. The average Bonchev–Trinajstić information content (AvgIpc) is 2.72. The van der Waals surface area contributed by atoms with Crippen molar-refractivity contribution in [3.63, 3.8) is 0 Å². The van der Waals surface area contributed by atoms with Crippen molar-refractivity contribution >= 4 is 0 Å². The molecule has 1 aliphatic carbocycles. The minimum absolute atomic E-state index is 0.407. The van der Waals surface area contributed by atoms with E-state index in [0.717, 1.165) is 12.3 Å². The average molecular weight is 265 g/mol. The summed E-state index contributed by atoms with van der Waals surface area (Å²) >= 11 is 0. The van der Waals surface area contributed by atoms with Gasteiger partial charge in [-0.2, -0.15) is 5.10 Å². The number of nitrogens with one attached hydrogen (secondary N) is 1. The van der Waals surface area contributed by atoms with Crippen molar-refractivity contribution in [3.05, 3.63) is 11.9 Å². The first-order valence-electron chi connectivity index (χ1n) is 7.19. The molecule has 0 aromatic carbocycles. The maximum absolute atomic E-state index is 5.51. The van der Waals surface area contributed by atoms with E-state index in [1.165, 1.54) is 25.0 Å². The largest absolute Gasteiger partial charge is 0.493 e. The van der Waals surface area contributed by atoms with Crippen LogP contribution in [0.2, 0.25) is 0 Å². The van der Waals surface area contributed by atoms with Gasteiger partial charge < -0.3 is 10.1 Å². The first-order valence-corrected chi connectivity index (χ1v) is 7.19. The minimum Gasteiger partial charge on any atom is -0.493 e. The fraction of sp³-hybridized carbons (Fsp3) is 0.800. The third-order valence-corrected chi connectivity index (χ3v) is 4.52. The van der Waals surface area contributed by atoms with Crippen molar-refractivity contribution < 1.29 is 4.74 Å². The van der Waals surface area contributed by atoms with Crippen LogP contribution in [0.5, 0.6) is 5.75 Å². The van der Waals surface area contributed by atoms with Crippen LogP contribution in [0.3, 0.4) is 0 Å². The molecule has 0 saturated heterocycles. The molecule has 0 amide bonds. The molecule has 2 atom stereocenters. The molecule has 4 heteroatoms. The molecule has 0 spiro atoms. The molecule has 0 aliphatic heterocycles. The predicted molar refractivity (Wildman–Crippen MR) is 77.5 cm³/mol. The van der Waals surface area contributed by atoms with Crippen molar-refractivity contribution in [1.82, 2.24) is 15.1 Å². The summed E-state index contributed by atoms with van der Waals surface area (Å²) in [5.41, 5.74) is 1.67. The fourth-order valence-electron chi connectivity index (χ4n) is 3.47. The van der Waals surface area contributed by atoms with Gasteiger partial charge in [-0.05, 0) is 44.2 Å². The quantitative estimate of drug-likeness (QED) is 0.909. The van der Waals surface area contributed by atoms with E-state index >= 15 is 0 Å². The lowest BCUT2D eigenvalue weighted by Crippen LogP contribution is -2.34. The van der Waals surface area contributed by atoms with Gasteiger partial charge in [-0.1, -0.05) is 13.8 Å². The number of rotatable bonds is 4. The van der Waals surface area contributed by atoms with Crippen LogP contribution in [0.4, 0.5) is 0 Å². The number of hydrogen-bond donors (Lipinski definition) is 1. The summed E-state index contributed by atoms with van der Waals surface area (Å²) in [5, 5.41) is 7.72. The number of aromatic nitrogens is 2. The molecule has 19 heavy (non-hydrogen) atoms. The van der Waals surface area contributed by atoms with Crippen LogP contribution in [0, 0.1) is 11.3 Å². The minimum atomic E-state index is 0.407. The fourth-order valence-corrected chi connectivity index (χ4v) is 3.47. The van der Waals surface area contributed by atoms with E-state index in [0.29, 0.717) is 17.3 Å². The molecule has 2 rings (SSSR count). The lowest BCUT2D eigenvalue weighted by molar-refractivity contribution is 0.154. The molecule has 1 heterocycles. The molecular formula is C15H27N3O. The zero-order chi connectivity index (χ0) is 14.0. The number of aryl methyl sites for hydroxylation is 1. The summed E-state index contributed by atoms with van der Waals surface area (Å²) in [5.74, 6) is 2.13. The van der Waals surface area contributed by atoms with E-state index in [1.54, 1.807) is 7.11 Å². The number of hydrogen-bond acceptors (Lipinski definition) is 3. The van der Waals surface area contributed by atoms with E-state index < -0.39 is 0 Å². The Hall–Kier alpha value is -1.03. The van der Waals surface area contributed by atoms with E-state index in [9.17, 15) is 0 Å². The van der Waals surface area contributed by atoms with Crippen molar-refractivity contribution in [2.45, 2.75) is 39.0 Å². The molecule has 0 radical (unpaired) electrons. The molecule has 1 aliphatic rings. The second-order valence-corrected chi connectivity index (χ2v) is 6.55. The highest BCUT2D eigenvalue weighted by atomic mass is 16.5. The molecule has 4 nitrogen and oxygen atoms in total. The number of nitrogens with zero attached hydrogens (tertiary/aromatic N) is 2. The topological polar surface area (TPSA) is 39.1 Å². The lowest BCUT2D eigenvalue weighted by Gasteiger charge is -2.41. The van der Waals surface area contributed by atoms with Crippen molar-refractivity contribution in [2.75, 3.05) is 20.7 Å². The second kappa shape index (κ2) is 5.53. The third kappa shape index (κ3) is 2.94. The zero-order valence-corrected chi connectivity index (χ0v) is 12.9. The molecule has 108 valence electrons. The van der Waals surface area contributed by atoms with Crippen LogP contribution >= 0.6 is 0 Å². The van der Waals surface area contributed by atoms with Crippen LogP contribution in [0.1, 0.15) is 44.7 Å². The first kappa shape index (κ1) is 14.4. The van der Waals surface area contributed by atoms with Crippen LogP contribution in [-0.2, 0) is 7.05 Å². The van der Waals surface area contributed by atoms with Crippen LogP contribution in [0.25, 0.3) is 0 Å². The van der Waals surface area contributed by atoms with Gasteiger partial charge in [0.1, 0.15) is 0 Å². The number of ether oxygens (including phenoxy) is 1. The van der Waals surface area contributed by atoms with Gasteiger partial charge in [-0.15, -0.1) is 0 Å². The Balaban J connectivity index is 2.33. The molecule has 1 saturated carbocycles. The molecule has 0 bridgehead atoms. The molecule has 1 N–H and O–H groups in total. The van der Waals surface area contributed by atoms with Gasteiger partial charge in [-0.3, -0.25) is 4.68 Å². The maximum atomic E-state index is 5.51. The Morgan fingerprint density at radius 1 is 1.53 bits per heavy atom. The summed E-state index contributed by atoms with van der Waals surface area (Å²) in [6, 6.07) is 0. The monoisotopic (exact) mass is 265 g/mol. The SMILES string of the molecule is CNCC1CCC(C)(C)CC1c1c(OC)cnn1C. The van der Waals surface area contributed by atoms with Crippen LogP contribution in [0.15, 0.2) is 6.20 Å². The summed E-state index contributed by atoms with van der Waals surface area (Å²) in [7, 11) is 5.80. The van der Waals surface area contributed by atoms with Gasteiger partial charge >= 0.3 is 0 Å². The molecular weight excluding hydrogens is 238 g/mol. The van der Waals surface area contributed by atoms with Gasteiger partial charge in [0.25, 0.3) is 0 Å². The van der Waals surface area contributed by atoms with Crippen molar-refractivity contribution in [1.29, 1.82) is 0 Å². The highest BCUT2D eigenvalue weighted by Gasteiger charge is 2.38. The summed E-state index contributed by atoms with van der Waals surface area (Å²) < 4.78 is 7.50. The van der Waals surface area contributed by atoms with Gasteiger partial charge in [-0.25, -0.2) is 0 Å². The Kier molecular flexibility index (Phi) is 4.19. The normalized spacial score (nSPS) is 26.4. The molecule has 2 unspecified atom stereocenters. The summed E-state index contributed by atoms with van der Waals surface area (Å²) in [6.07, 6.45) is 5.62. The first-order chi connectivity index (χ1) is 8.98. The standard InChI is InChI=1S/C15H27N3O/c1-15(2)7-6-11(9-16-3)12(8-15)14-13(19-5)10-17-18(14)4/h10-12,16H,6-9H2,1-5H3. The Morgan fingerprint density at radius 3 is 2.89 bits per heavy atom. The van der Waals surface area contributed by atoms with Gasteiger partial charge in [0, 0.05) is 13.0 Å². The van der Waals surface area contributed by atoms with Gasteiger partial charge in [0.2, 0.25) is 0 Å².